The number of benzene rings is 9. The predicted octanol–water partition coefficient (Wildman–Crippen LogP) is 11.2. The third kappa shape index (κ3) is 6.52. The molecule has 0 spiro atoms. The maximum Gasteiger partial charge on any atom is -0.0512 e. The van der Waals surface area contributed by atoms with Gasteiger partial charge in [-0.25, -0.2) is 15.0 Å². The molecule has 294 valence electrons. The van der Waals surface area contributed by atoms with Crippen LogP contribution in [0.5, 0.6) is 0 Å². The summed E-state index contributed by atoms with van der Waals surface area (Å²) in [5, 5.41) is 7.50. The second-order valence-corrected chi connectivity index (χ2v) is 20.2. The molecule has 0 atom stereocenters. The molecule has 11 aromatic rings. The van der Waals surface area contributed by atoms with Gasteiger partial charge in [0.25, 0.3) is 0 Å². The summed E-state index contributed by atoms with van der Waals surface area (Å²) in [5.41, 5.74) is 8.92. The quantitative estimate of drug-likeness (QED) is 0.108. The molecule has 0 saturated carbocycles. The van der Waals surface area contributed by atoms with E-state index in [4.69, 9.17) is 19.4 Å². The molecule has 11 rings (SSSR count). The van der Waals surface area contributed by atoms with E-state index >= 15 is 0 Å². The van der Waals surface area contributed by atoms with Crippen molar-refractivity contribution >= 4 is 50.8 Å². The molecule has 0 aliphatic carbocycles. The zero-order valence-corrected chi connectivity index (χ0v) is 35.0. The van der Waals surface area contributed by atoms with Gasteiger partial charge in [0.15, 0.2) is 11.6 Å². The Kier molecular flexibility index (Phi) is 9.49. The van der Waals surface area contributed by atoms with Crippen LogP contribution in [-0.2, 0) is 0 Å². The average molecular weight is 811 g/mol. The molecule has 2 aromatic heterocycles. The fourth-order valence-electron chi connectivity index (χ4n) is 9.43. The van der Waals surface area contributed by atoms with Crippen molar-refractivity contribution in [3.63, 3.8) is 0 Å². The Bertz CT molecular complexity index is 3170. The minimum absolute atomic E-state index is 0.596. The van der Waals surface area contributed by atoms with E-state index < -0.39 is 8.07 Å². The molecule has 0 fully saturated rings. The predicted molar refractivity (Wildman–Crippen MR) is 259 cm³/mol. The van der Waals surface area contributed by atoms with Crippen LogP contribution in [0.15, 0.2) is 241 Å². The van der Waals surface area contributed by atoms with Gasteiger partial charge in [-0.3, -0.25) is 0 Å². The summed E-state index contributed by atoms with van der Waals surface area (Å²) in [6, 6.07) is 84.2. The molecule has 2 heterocycles. The largest absolute Gasteiger partial charge is 0.208 e. The van der Waals surface area contributed by atoms with Crippen LogP contribution < -0.4 is 20.7 Å². The standard InChI is InChI=1S/C57H40N3OSi/c1-6-19-41(20-7-1)55-58-56(42-21-8-2-9-22-42)60-57(59-55)50-31-18-32-53-54(50)51-39-43(35-38-52(51)61-53)49-30-17-16-29-48(49)40-33-36-47(37-34-40)62(44-23-10-3-11-24-44,45-25-12-4-13-26-45)46-27-14-5-15-28-46/h1-39,62H/q-1. The van der Waals surface area contributed by atoms with E-state index in [1.54, 1.807) is 0 Å². The molecule has 0 aliphatic heterocycles. The maximum absolute atomic E-state index is 6.54. The Morgan fingerprint density at radius 2 is 0.710 bits per heavy atom. The van der Waals surface area contributed by atoms with Gasteiger partial charge in [0, 0.05) is 11.1 Å². The molecule has 0 aliphatic rings. The minimum atomic E-state index is -3.08. The second-order valence-electron chi connectivity index (χ2n) is 15.8. The van der Waals surface area contributed by atoms with E-state index in [0.29, 0.717) is 17.5 Å². The first kappa shape index (κ1) is 37.0. The smallest absolute Gasteiger partial charge is 0.0512 e. The molecule has 0 amide bonds. The fourth-order valence-corrected chi connectivity index (χ4v) is 14.9. The number of hydrogen-bond acceptors (Lipinski definition) is 4. The Morgan fingerprint density at radius 3 is 1.24 bits per heavy atom. The normalized spacial score (nSPS) is 11.8. The van der Waals surface area contributed by atoms with Crippen LogP contribution in [0.2, 0.25) is 0 Å². The van der Waals surface area contributed by atoms with Gasteiger partial charge in [0.1, 0.15) is 0 Å². The molecule has 4 nitrogen and oxygen atoms in total. The SMILES string of the molecule is c1ccc(-c2nc(-c3ccccc3)nc(-c3cccc4oc5ccc(-c6ccccc6-c6ccc([SiH-](c7ccccc7)(c7ccccc7)c7ccccc7)cc6)cc5c34)n2)cc1. The van der Waals surface area contributed by atoms with E-state index in [-0.39, 0.29) is 0 Å². The minimum Gasteiger partial charge on any atom is -0.208 e. The van der Waals surface area contributed by atoms with Crippen LogP contribution in [0.25, 0.3) is 78.4 Å². The van der Waals surface area contributed by atoms with Crippen molar-refractivity contribution in [1.82, 2.24) is 15.0 Å². The average Bonchev–Trinajstić information content (AvgIpc) is 3.74. The van der Waals surface area contributed by atoms with E-state index in [9.17, 15) is 0 Å². The molecule has 0 N–H and O–H groups in total. The van der Waals surface area contributed by atoms with E-state index in [2.05, 4.69) is 164 Å². The van der Waals surface area contributed by atoms with Gasteiger partial charge in [-0.1, -0.05) is 66.7 Å². The number of fused-ring (bicyclic) bond motifs is 3. The van der Waals surface area contributed by atoms with E-state index in [0.717, 1.165) is 55.3 Å². The van der Waals surface area contributed by atoms with Crippen molar-refractivity contribution in [1.29, 1.82) is 0 Å². The number of nitrogens with zero attached hydrogens (tertiary/aromatic N) is 3. The summed E-state index contributed by atoms with van der Waals surface area (Å²) in [5.74, 6) is 1.84. The summed E-state index contributed by atoms with van der Waals surface area (Å²) >= 11 is 0. The molecule has 5 heteroatoms. The third-order valence-electron chi connectivity index (χ3n) is 12.3. The third-order valence-corrected chi connectivity index (χ3v) is 17.8. The van der Waals surface area contributed by atoms with Crippen molar-refractivity contribution in [3.8, 4) is 56.4 Å². The maximum atomic E-state index is 6.54. The molecular formula is C57H40N3OSi-. The topological polar surface area (TPSA) is 51.8 Å². The second kappa shape index (κ2) is 15.9. The van der Waals surface area contributed by atoms with Crippen LogP contribution in [-0.4, -0.2) is 23.0 Å². The number of hydrogen-bond donors (Lipinski definition) is 0. The summed E-state index contributed by atoms with van der Waals surface area (Å²) in [4.78, 5) is 15.1. The van der Waals surface area contributed by atoms with Crippen LogP contribution in [0.1, 0.15) is 0 Å². The first-order valence-corrected chi connectivity index (χ1v) is 23.4. The van der Waals surface area contributed by atoms with Crippen LogP contribution in [0.4, 0.5) is 0 Å². The van der Waals surface area contributed by atoms with Crippen molar-refractivity contribution in [2.45, 2.75) is 0 Å². The molecule has 0 bridgehead atoms. The first-order chi connectivity index (χ1) is 30.7. The Labute approximate surface area is 361 Å². The molecular weight excluding hydrogens is 771 g/mol. The summed E-state index contributed by atoms with van der Waals surface area (Å²) in [6.45, 7) is 0. The van der Waals surface area contributed by atoms with Gasteiger partial charge in [-0.2, -0.15) is 0 Å². The Balaban J connectivity index is 1.04. The Morgan fingerprint density at radius 1 is 0.290 bits per heavy atom. The molecule has 0 unspecified atom stereocenters. The number of rotatable bonds is 9. The van der Waals surface area contributed by atoms with Crippen molar-refractivity contribution < 1.29 is 4.42 Å². The summed E-state index contributed by atoms with van der Waals surface area (Å²) in [7, 11) is -3.08. The molecule has 0 saturated heterocycles. The molecule has 0 radical (unpaired) electrons. The van der Waals surface area contributed by atoms with Gasteiger partial charge in [0.05, 0.1) is 0 Å². The monoisotopic (exact) mass is 810 g/mol. The van der Waals surface area contributed by atoms with Crippen LogP contribution in [0, 0.1) is 0 Å². The van der Waals surface area contributed by atoms with Crippen LogP contribution >= 0.6 is 0 Å². The van der Waals surface area contributed by atoms with E-state index in [1.165, 1.54) is 26.3 Å². The number of furan rings is 1. The van der Waals surface area contributed by atoms with Crippen molar-refractivity contribution in [2.75, 3.05) is 0 Å². The van der Waals surface area contributed by atoms with Gasteiger partial charge < -0.3 is 0 Å². The van der Waals surface area contributed by atoms with E-state index in [1.807, 2.05) is 72.8 Å². The van der Waals surface area contributed by atoms with Crippen LogP contribution in [0.3, 0.4) is 0 Å². The zero-order valence-electron chi connectivity index (χ0n) is 33.8. The Hall–Kier alpha value is -7.99. The van der Waals surface area contributed by atoms with Gasteiger partial charge in [0.2, 0.25) is 0 Å². The van der Waals surface area contributed by atoms with Gasteiger partial charge >= 0.3 is 259 Å². The molecule has 62 heavy (non-hydrogen) atoms. The summed E-state index contributed by atoms with van der Waals surface area (Å²) in [6.07, 6.45) is 0. The van der Waals surface area contributed by atoms with Crippen molar-refractivity contribution in [3.05, 3.63) is 237 Å². The fraction of sp³-hybridized carbons (Fsp3) is 0. The summed E-state index contributed by atoms with van der Waals surface area (Å²) < 4.78 is 6.54. The van der Waals surface area contributed by atoms with Gasteiger partial charge in [-0.15, -0.1) is 0 Å². The first-order valence-electron chi connectivity index (χ1n) is 21.1. The zero-order chi connectivity index (χ0) is 41.3. The molecule has 9 aromatic carbocycles. The van der Waals surface area contributed by atoms with Crippen molar-refractivity contribution in [2.24, 2.45) is 0 Å². The number of aromatic nitrogens is 3. The van der Waals surface area contributed by atoms with Gasteiger partial charge in [-0.05, 0) is 0 Å².